The minimum absolute atomic E-state index is 0.101. The maximum Gasteiger partial charge on any atom is 0.379 e. The molecule has 0 aliphatic carbocycles. The van der Waals surface area contributed by atoms with Crippen LogP contribution >= 0.6 is 0 Å². The largest absolute Gasteiger partial charge is 0.462 e. The number of esters is 1. The predicted molar refractivity (Wildman–Crippen MR) is 55.0 cm³/mol. The summed E-state index contributed by atoms with van der Waals surface area (Å²) in [6.45, 7) is 1.36. The second-order valence-electron chi connectivity index (χ2n) is 3.23. The second-order valence-corrected chi connectivity index (χ2v) is 3.23. The van der Waals surface area contributed by atoms with Gasteiger partial charge in [-0.1, -0.05) is 30.3 Å². The predicted octanol–water partition coefficient (Wildman–Crippen LogP) is 1.88. The van der Waals surface area contributed by atoms with Gasteiger partial charge in [-0.25, -0.2) is 4.79 Å². The van der Waals surface area contributed by atoms with Gasteiger partial charge in [0.25, 0.3) is 0 Å². The van der Waals surface area contributed by atoms with Gasteiger partial charge in [0, 0.05) is 0 Å². The molecule has 0 bridgehead atoms. The van der Waals surface area contributed by atoms with Crippen LogP contribution in [0.3, 0.4) is 0 Å². The van der Waals surface area contributed by atoms with E-state index in [2.05, 4.69) is 4.74 Å². The van der Waals surface area contributed by atoms with Gasteiger partial charge in [0.05, 0.1) is 6.61 Å². The molecular formula is C11H13F2NO2. The van der Waals surface area contributed by atoms with Crippen LogP contribution in [0.25, 0.3) is 0 Å². The molecule has 0 fully saturated rings. The van der Waals surface area contributed by atoms with E-state index in [1.807, 2.05) is 0 Å². The standard InChI is InChI=1S/C11H13F2NO2/c1-2-16-10(15)11(12,13)9(14)8-6-4-3-5-7-8/h3-7,9H,2,14H2,1H3. The van der Waals surface area contributed by atoms with Crippen LogP contribution in [0.5, 0.6) is 0 Å². The summed E-state index contributed by atoms with van der Waals surface area (Å²) in [6.07, 6.45) is 0. The first-order chi connectivity index (χ1) is 7.50. The summed E-state index contributed by atoms with van der Waals surface area (Å²) in [6, 6.07) is 6.04. The fourth-order valence-corrected chi connectivity index (χ4v) is 1.22. The van der Waals surface area contributed by atoms with Crippen molar-refractivity contribution >= 4 is 5.97 Å². The van der Waals surface area contributed by atoms with Gasteiger partial charge >= 0.3 is 11.9 Å². The van der Waals surface area contributed by atoms with Crippen LogP contribution in [0.4, 0.5) is 8.78 Å². The van der Waals surface area contributed by atoms with E-state index in [-0.39, 0.29) is 12.2 Å². The third-order valence-electron chi connectivity index (χ3n) is 2.10. The van der Waals surface area contributed by atoms with Crippen molar-refractivity contribution in [2.45, 2.75) is 18.9 Å². The molecule has 88 valence electrons. The zero-order valence-corrected chi connectivity index (χ0v) is 8.82. The number of hydrogen-bond donors (Lipinski definition) is 1. The summed E-state index contributed by atoms with van der Waals surface area (Å²) < 4.78 is 31.2. The number of hydrogen-bond acceptors (Lipinski definition) is 3. The number of halogens is 2. The molecule has 0 aromatic heterocycles. The topological polar surface area (TPSA) is 52.3 Å². The molecule has 0 spiro atoms. The maximum absolute atomic E-state index is 13.5. The highest BCUT2D eigenvalue weighted by molar-refractivity contribution is 5.78. The lowest BCUT2D eigenvalue weighted by Crippen LogP contribution is -2.41. The highest BCUT2D eigenvalue weighted by atomic mass is 19.3. The molecule has 0 radical (unpaired) electrons. The van der Waals surface area contributed by atoms with Gasteiger partial charge in [0.1, 0.15) is 6.04 Å². The van der Waals surface area contributed by atoms with Crippen LogP contribution < -0.4 is 5.73 Å². The highest BCUT2D eigenvalue weighted by Crippen LogP contribution is 2.30. The number of nitrogens with two attached hydrogens (primary N) is 1. The van der Waals surface area contributed by atoms with E-state index < -0.39 is 17.9 Å². The van der Waals surface area contributed by atoms with Gasteiger partial charge in [-0.2, -0.15) is 8.78 Å². The first-order valence-corrected chi connectivity index (χ1v) is 4.85. The average molecular weight is 229 g/mol. The van der Waals surface area contributed by atoms with Crippen molar-refractivity contribution in [3.05, 3.63) is 35.9 Å². The molecule has 0 aliphatic rings. The van der Waals surface area contributed by atoms with Crippen LogP contribution in [0, 0.1) is 0 Å². The summed E-state index contributed by atoms with van der Waals surface area (Å²) >= 11 is 0. The van der Waals surface area contributed by atoms with Crippen molar-refractivity contribution in [1.82, 2.24) is 0 Å². The molecule has 1 unspecified atom stereocenters. The van der Waals surface area contributed by atoms with Gasteiger partial charge in [0.2, 0.25) is 0 Å². The molecule has 0 aliphatic heterocycles. The Morgan fingerprint density at radius 1 is 1.44 bits per heavy atom. The van der Waals surface area contributed by atoms with Gasteiger partial charge < -0.3 is 10.5 Å². The molecule has 0 heterocycles. The first kappa shape index (κ1) is 12.6. The molecule has 1 rings (SSSR count). The van der Waals surface area contributed by atoms with Crippen LogP contribution in [0.2, 0.25) is 0 Å². The smallest absolute Gasteiger partial charge is 0.379 e. The lowest BCUT2D eigenvalue weighted by atomic mass is 10.0. The Bertz CT molecular complexity index is 354. The number of rotatable bonds is 4. The normalized spacial score (nSPS) is 13.2. The van der Waals surface area contributed by atoms with E-state index >= 15 is 0 Å². The zero-order valence-electron chi connectivity index (χ0n) is 8.82. The zero-order chi connectivity index (χ0) is 12.2. The Balaban J connectivity index is 2.87. The van der Waals surface area contributed by atoms with Crippen molar-refractivity contribution in [2.75, 3.05) is 6.61 Å². The van der Waals surface area contributed by atoms with E-state index in [0.29, 0.717) is 0 Å². The molecule has 3 nitrogen and oxygen atoms in total. The van der Waals surface area contributed by atoms with Crippen molar-refractivity contribution in [1.29, 1.82) is 0 Å². The Kier molecular flexibility index (Phi) is 3.95. The number of benzene rings is 1. The molecular weight excluding hydrogens is 216 g/mol. The maximum atomic E-state index is 13.5. The van der Waals surface area contributed by atoms with Gasteiger partial charge in [-0.05, 0) is 12.5 Å². The van der Waals surface area contributed by atoms with Crippen LogP contribution in [0.1, 0.15) is 18.5 Å². The third kappa shape index (κ3) is 2.55. The van der Waals surface area contributed by atoms with Gasteiger partial charge in [0.15, 0.2) is 0 Å². The summed E-state index contributed by atoms with van der Waals surface area (Å²) in [5, 5.41) is 0. The lowest BCUT2D eigenvalue weighted by Gasteiger charge is -2.21. The monoisotopic (exact) mass is 229 g/mol. The molecule has 0 saturated heterocycles. The van der Waals surface area contributed by atoms with Gasteiger partial charge in [-0.3, -0.25) is 0 Å². The number of carbonyl (C=O) groups excluding carboxylic acids is 1. The Hall–Kier alpha value is -1.49. The lowest BCUT2D eigenvalue weighted by molar-refractivity contribution is -0.174. The SMILES string of the molecule is CCOC(=O)C(F)(F)C(N)c1ccccc1. The fourth-order valence-electron chi connectivity index (χ4n) is 1.22. The van der Waals surface area contributed by atoms with Crippen molar-refractivity contribution in [3.63, 3.8) is 0 Å². The fraction of sp³-hybridized carbons (Fsp3) is 0.364. The number of alkyl halides is 2. The third-order valence-corrected chi connectivity index (χ3v) is 2.10. The Labute approximate surface area is 92.2 Å². The number of carbonyl (C=O) groups is 1. The van der Waals surface area contributed by atoms with Gasteiger partial charge in [-0.15, -0.1) is 0 Å². The molecule has 16 heavy (non-hydrogen) atoms. The van der Waals surface area contributed by atoms with E-state index in [1.165, 1.54) is 19.1 Å². The van der Waals surface area contributed by atoms with E-state index in [9.17, 15) is 13.6 Å². The Morgan fingerprint density at radius 2 is 2.00 bits per heavy atom. The molecule has 1 atom stereocenters. The number of ether oxygens (including phenoxy) is 1. The Morgan fingerprint density at radius 3 is 2.50 bits per heavy atom. The van der Waals surface area contributed by atoms with Crippen molar-refractivity contribution < 1.29 is 18.3 Å². The minimum Gasteiger partial charge on any atom is -0.462 e. The molecule has 5 heteroatoms. The van der Waals surface area contributed by atoms with E-state index in [1.54, 1.807) is 18.2 Å². The molecule has 0 amide bonds. The van der Waals surface area contributed by atoms with Crippen LogP contribution in [-0.2, 0) is 9.53 Å². The summed E-state index contributed by atoms with van der Waals surface area (Å²) in [5.41, 5.74) is 5.55. The van der Waals surface area contributed by atoms with E-state index in [0.717, 1.165) is 0 Å². The van der Waals surface area contributed by atoms with Crippen LogP contribution in [0.15, 0.2) is 30.3 Å². The summed E-state index contributed by atoms with van der Waals surface area (Å²) in [4.78, 5) is 11.0. The molecule has 1 aromatic carbocycles. The quantitative estimate of drug-likeness (QED) is 0.802. The first-order valence-electron chi connectivity index (χ1n) is 4.85. The van der Waals surface area contributed by atoms with Crippen LogP contribution in [-0.4, -0.2) is 18.5 Å². The molecule has 1 aromatic rings. The van der Waals surface area contributed by atoms with Crippen molar-refractivity contribution in [3.8, 4) is 0 Å². The highest BCUT2D eigenvalue weighted by Gasteiger charge is 2.47. The average Bonchev–Trinajstić information content (AvgIpc) is 2.29. The summed E-state index contributed by atoms with van der Waals surface area (Å²) in [5.74, 6) is -5.30. The molecule has 2 N–H and O–H groups in total. The molecule has 0 saturated carbocycles. The van der Waals surface area contributed by atoms with E-state index in [4.69, 9.17) is 5.73 Å². The second kappa shape index (κ2) is 5.03. The summed E-state index contributed by atoms with van der Waals surface area (Å²) in [7, 11) is 0. The minimum atomic E-state index is -3.71. The van der Waals surface area contributed by atoms with Crippen molar-refractivity contribution in [2.24, 2.45) is 5.73 Å².